The molecule has 1 saturated heterocycles. The van der Waals surface area contributed by atoms with Gasteiger partial charge in [0.25, 0.3) is 5.91 Å². The molecule has 1 fully saturated rings. The molecular weight excluding hydrogens is 424 g/mol. The first kappa shape index (κ1) is 23.8. The molecule has 178 valence electrons. The van der Waals surface area contributed by atoms with Gasteiger partial charge >= 0.3 is 0 Å². The number of carbonyl (C=O) groups is 1. The van der Waals surface area contributed by atoms with Gasteiger partial charge < -0.3 is 14.4 Å². The largest absolute Gasteiger partial charge is 0.497 e. The second kappa shape index (κ2) is 10.7. The maximum Gasteiger partial charge on any atom is 0.258 e. The first-order chi connectivity index (χ1) is 16.5. The minimum Gasteiger partial charge on any atom is -0.497 e. The van der Waals surface area contributed by atoms with E-state index in [2.05, 4.69) is 36.1 Å². The zero-order valence-corrected chi connectivity index (χ0v) is 20.6. The van der Waals surface area contributed by atoms with Crippen LogP contribution in [-0.4, -0.2) is 44.2 Å². The second-order valence-electron chi connectivity index (χ2n) is 9.11. The number of anilines is 1. The number of nitrogens with zero attached hydrogens (tertiary/aromatic N) is 2. The van der Waals surface area contributed by atoms with Crippen molar-refractivity contribution < 1.29 is 14.3 Å². The average molecular weight is 459 g/mol. The number of methoxy groups -OCH3 is 2. The quantitative estimate of drug-likeness (QED) is 0.460. The van der Waals surface area contributed by atoms with Gasteiger partial charge in [-0.1, -0.05) is 29.8 Å². The van der Waals surface area contributed by atoms with E-state index in [9.17, 15) is 4.79 Å². The molecule has 3 aromatic rings. The van der Waals surface area contributed by atoms with Crippen molar-refractivity contribution >= 4 is 11.6 Å². The highest BCUT2D eigenvalue weighted by molar-refractivity contribution is 6.06. The van der Waals surface area contributed by atoms with Crippen molar-refractivity contribution in [2.24, 2.45) is 0 Å². The third-order valence-electron chi connectivity index (χ3n) is 6.54. The normalized spacial score (nSPS) is 14.6. The molecule has 34 heavy (non-hydrogen) atoms. The number of rotatable bonds is 7. The predicted octanol–water partition coefficient (Wildman–Crippen LogP) is 5.63. The Hall–Kier alpha value is -3.31. The van der Waals surface area contributed by atoms with Gasteiger partial charge in [-0.25, -0.2) is 0 Å². The number of likely N-dealkylation sites (tertiary alicyclic amines) is 1. The van der Waals surface area contributed by atoms with Crippen LogP contribution in [0.3, 0.4) is 0 Å². The number of carbonyl (C=O) groups excluding carboxylic acids is 1. The number of amides is 1. The van der Waals surface area contributed by atoms with Gasteiger partial charge in [-0.2, -0.15) is 0 Å². The Morgan fingerprint density at radius 2 is 1.53 bits per heavy atom. The monoisotopic (exact) mass is 458 g/mol. The van der Waals surface area contributed by atoms with E-state index in [0.29, 0.717) is 0 Å². The van der Waals surface area contributed by atoms with Gasteiger partial charge in [-0.05, 0) is 74.2 Å². The van der Waals surface area contributed by atoms with Crippen LogP contribution >= 0.6 is 0 Å². The zero-order chi connectivity index (χ0) is 24.1. The Balaban J connectivity index is 1.51. The fourth-order valence-electron chi connectivity index (χ4n) is 4.66. The summed E-state index contributed by atoms with van der Waals surface area (Å²) in [5.74, 6) is 1.68. The summed E-state index contributed by atoms with van der Waals surface area (Å²) in [6, 6.07) is 22.3. The minimum absolute atomic E-state index is 0.0709. The topological polar surface area (TPSA) is 42.0 Å². The molecule has 1 aliphatic heterocycles. The third-order valence-corrected chi connectivity index (χ3v) is 6.54. The lowest BCUT2D eigenvalue weighted by molar-refractivity contribution is 0.0958. The van der Waals surface area contributed by atoms with E-state index in [1.807, 2.05) is 54.3 Å². The molecule has 1 amide bonds. The highest BCUT2D eigenvalue weighted by atomic mass is 16.5. The number of aryl methyl sites for hydroxylation is 2. The molecule has 5 nitrogen and oxygen atoms in total. The van der Waals surface area contributed by atoms with E-state index in [-0.39, 0.29) is 11.9 Å². The first-order valence-corrected chi connectivity index (χ1v) is 11.9. The molecule has 0 atom stereocenters. The Morgan fingerprint density at radius 1 is 0.882 bits per heavy atom. The van der Waals surface area contributed by atoms with Crippen LogP contribution in [0, 0.1) is 13.8 Å². The fourth-order valence-corrected chi connectivity index (χ4v) is 4.66. The molecule has 0 radical (unpaired) electrons. The zero-order valence-electron chi connectivity index (χ0n) is 20.6. The van der Waals surface area contributed by atoms with E-state index in [1.165, 1.54) is 5.56 Å². The van der Waals surface area contributed by atoms with Crippen molar-refractivity contribution in [3.8, 4) is 11.5 Å². The molecular formula is C29H34N2O3. The van der Waals surface area contributed by atoms with E-state index in [0.717, 1.165) is 66.4 Å². The first-order valence-electron chi connectivity index (χ1n) is 11.9. The van der Waals surface area contributed by atoms with Gasteiger partial charge in [0.2, 0.25) is 0 Å². The smallest absolute Gasteiger partial charge is 0.258 e. The Kier molecular flexibility index (Phi) is 7.53. The number of benzene rings is 3. The van der Waals surface area contributed by atoms with Crippen molar-refractivity contribution in [2.75, 3.05) is 32.2 Å². The van der Waals surface area contributed by atoms with Crippen LogP contribution in [0.1, 0.15) is 39.9 Å². The van der Waals surface area contributed by atoms with Crippen molar-refractivity contribution in [2.45, 2.75) is 39.3 Å². The Labute approximate surface area is 202 Å². The maximum absolute atomic E-state index is 13.7. The van der Waals surface area contributed by atoms with Gasteiger partial charge in [-0.15, -0.1) is 0 Å². The summed E-state index contributed by atoms with van der Waals surface area (Å²) in [6.45, 7) is 6.79. The van der Waals surface area contributed by atoms with Crippen LogP contribution in [0.25, 0.3) is 0 Å². The van der Waals surface area contributed by atoms with Crippen LogP contribution in [-0.2, 0) is 6.54 Å². The highest BCUT2D eigenvalue weighted by Crippen LogP contribution is 2.29. The number of hydrogen-bond acceptors (Lipinski definition) is 4. The minimum atomic E-state index is 0.0709. The summed E-state index contributed by atoms with van der Waals surface area (Å²) in [5.41, 5.74) is 5.19. The average Bonchev–Trinajstić information content (AvgIpc) is 2.85. The van der Waals surface area contributed by atoms with Gasteiger partial charge in [0.05, 0.1) is 14.2 Å². The number of hydrogen-bond donors (Lipinski definition) is 0. The molecule has 1 aliphatic rings. The maximum atomic E-state index is 13.7. The van der Waals surface area contributed by atoms with Gasteiger partial charge in [0.15, 0.2) is 0 Å². The van der Waals surface area contributed by atoms with Gasteiger partial charge in [-0.3, -0.25) is 9.69 Å². The molecule has 0 N–H and O–H groups in total. The standard InChI is InChI=1S/C29H34N2O3/c1-21-8-10-24(11-9-21)29(32)31(26-7-5-6-22(2)16-26)25-12-14-30(15-13-25)20-23-17-27(33-3)19-28(18-23)34-4/h5-11,16-19,25H,12-15,20H2,1-4H3. The molecule has 0 saturated carbocycles. The molecule has 0 unspecified atom stereocenters. The lowest BCUT2D eigenvalue weighted by Crippen LogP contribution is -2.47. The van der Waals surface area contributed by atoms with E-state index >= 15 is 0 Å². The third kappa shape index (κ3) is 5.60. The summed E-state index contributed by atoms with van der Waals surface area (Å²) < 4.78 is 10.9. The van der Waals surface area contributed by atoms with Crippen LogP contribution in [0.5, 0.6) is 11.5 Å². The lowest BCUT2D eigenvalue weighted by Gasteiger charge is -2.39. The molecule has 3 aromatic carbocycles. The summed E-state index contributed by atoms with van der Waals surface area (Å²) in [5, 5.41) is 0. The SMILES string of the molecule is COc1cc(CN2CCC(N(C(=O)c3ccc(C)cc3)c3cccc(C)c3)CC2)cc(OC)c1. The summed E-state index contributed by atoms with van der Waals surface area (Å²) >= 11 is 0. The predicted molar refractivity (Wildman–Crippen MR) is 137 cm³/mol. The molecule has 0 bridgehead atoms. The molecule has 0 aromatic heterocycles. The van der Waals surface area contributed by atoms with Crippen LogP contribution in [0.2, 0.25) is 0 Å². The summed E-state index contributed by atoms with van der Waals surface area (Å²) in [7, 11) is 3.35. The van der Waals surface area contributed by atoms with Crippen LogP contribution in [0.15, 0.2) is 66.7 Å². The Morgan fingerprint density at radius 3 is 2.12 bits per heavy atom. The fraction of sp³-hybridized carbons (Fsp3) is 0.345. The lowest BCUT2D eigenvalue weighted by atomic mass is 9.99. The second-order valence-corrected chi connectivity index (χ2v) is 9.11. The van der Waals surface area contributed by atoms with Gasteiger partial charge in [0, 0.05) is 43.0 Å². The number of ether oxygens (including phenoxy) is 2. The van der Waals surface area contributed by atoms with Crippen molar-refractivity contribution in [3.05, 3.63) is 89.0 Å². The molecule has 5 heteroatoms. The molecule has 4 rings (SSSR count). The highest BCUT2D eigenvalue weighted by Gasteiger charge is 2.30. The summed E-state index contributed by atoms with van der Waals surface area (Å²) in [6.07, 6.45) is 1.85. The van der Waals surface area contributed by atoms with E-state index in [4.69, 9.17) is 9.47 Å². The summed E-state index contributed by atoms with van der Waals surface area (Å²) in [4.78, 5) is 18.1. The van der Waals surface area contributed by atoms with Gasteiger partial charge in [0.1, 0.15) is 11.5 Å². The van der Waals surface area contributed by atoms with Crippen molar-refractivity contribution in [1.82, 2.24) is 4.90 Å². The molecule has 0 aliphatic carbocycles. The van der Waals surface area contributed by atoms with E-state index < -0.39 is 0 Å². The van der Waals surface area contributed by atoms with Crippen molar-refractivity contribution in [1.29, 1.82) is 0 Å². The molecule has 1 heterocycles. The molecule has 0 spiro atoms. The van der Waals surface area contributed by atoms with E-state index in [1.54, 1.807) is 14.2 Å². The number of piperidine rings is 1. The van der Waals surface area contributed by atoms with Crippen LogP contribution < -0.4 is 14.4 Å². The van der Waals surface area contributed by atoms with Crippen LogP contribution in [0.4, 0.5) is 5.69 Å². The Bertz CT molecular complexity index is 1100. The van der Waals surface area contributed by atoms with Crippen molar-refractivity contribution in [3.63, 3.8) is 0 Å².